The number of aromatic nitrogens is 1. The number of hydrogen-bond acceptors (Lipinski definition) is 3. The molecule has 0 saturated heterocycles. The summed E-state index contributed by atoms with van der Waals surface area (Å²) in [6.45, 7) is 2.12. The van der Waals surface area contributed by atoms with Crippen molar-refractivity contribution in [2.24, 2.45) is 5.84 Å². The highest BCUT2D eigenvalue weighted by molar-refractivity contribution is 9.10. The van der Waals surface area contributed by atoms with Gasteiger partial charge in [0.15, 0.2) is 0 Å². The summed E-state index contributed by atoms with van der Waals surface area (Å²) in [5, 5.41) is 0.690. The van der Waals surface area contributed by atoms with E-state index < -0.39 is 0 Å². The molecule has 5 heteroatoms. The molecule has 0 aliphatic heterocycles. The van der Waals surface area contributed by atoms with Gasteiger partial charge in [0.2, 0.25) is 0 Å². The van der Waals surface area contributed by atoms with Crippen molar-refractivity contribution < 1.29 is 0 Å². The predicted octanol–water partition coefficient (Wildman–Crippen LogP) is 3.81. The molecule has 0 bridgehead atoms. The Morgan fingerprint density at radius 1 is 1.35 bits per heavy atom. The van der Waals surface area contributed by atoms with Gasteiger partial charge >= 0.3 is 0 Å². The highest BCUT2D eigenvalue weighted by Crippen LogP contribution is 2.27. The molecule has 0 spiro atoms. The second-order valence-electron chi connectivity index (χ2n) is 4.61. The lowest BCUT2D eigenvalue weighted by molar-refractivity contribution is 0.545. The fraction of sp³-hybridized carbons (Fsp3) is 0.267. The van der Waals surface area contributed by atoms with Crippen molar-refractivity contribution in [3.63, 3.8) is 0 Å². The van der Waals surface area contributed by atoms with E-state index >= 15 is 0 Å². The van der Waals surface area contributed by atoms with Crippen LogP contribution in [-0.4, -0.2) is 4.98 Å². The molecule has 1 atom stereocenters. The van der Waals surface area contributed by atoms with Crippen LogP contribution in [0.4, 0.5) is 0 Å². The third kappa shape index (κ3) is 3.79. The van der Waals surface area contributed by atoms with Gasteiger partial charge in [0.05, 0.1) is 11.1 Å². The van der Waals surface area contributed by atoms with Gasteiger partial charge < -0.3 is 0 Å². The van der Waals surface area contributed by atoms with E-state index in [2.05, 4.69) is 39.3 Å². The summed E-state index contributed by atoms with van der Waals surface area (Å²) in [6, 6.07) is 9.97. The van der Waals surface area contributed by atoms with E-state index in [0.717, 1.165) is 28.6 Å². The van der Waals surface area contributed by atoms with Crippen LogP contribution >= 0.6 is 27.5 Å². The summed E-state index contributed by atoms with van der Waals surface area (Å²) >= 11 is 9.44. The Bertz CT molecular complexity index is 572. The van der Waals surface area contributed by atoms with E-state index in [4.69, 9.17) is 17.4 Å². The molecule has 1 unspecified atom stereocenters. The number of halogens is 2. The average molecular weight is 355 g/mol. The Morgan fingerprint density at radius 3 is 2.70 bits per heavy atom. The van der Waals surface area contributed by atoms with Crippen LogP contribution in [0, 0.1) is 0 Å². The fourth-order valence-electron chi connectivity index (χ4n) is 2.00. The van der Waals surface area contributed by atoms with Gasteiger partial charge in [0.1, 0.15) is 0 Å². The molecule has 0 aliphatic rings. The van der Waals surface area contributed by atoms with Crippen molar-refractivity contribution in [2.75, 3.05) is 0 Å². The number of nitrogens with one attached hydrogen (secondary N) is 1. The molecule has 0 amide bonds. The van der Waals surface area contributed by atoms with E-state index in [1.165, 1.54) is 5.56 Å². The highest BCUT2D eigenvalue weighted by Gasteiger charge is 2.12. The molecular weight excluding hydrogens is 338 g/mol. The smallest absolute Gasteiger partial charge is 0.0548 e. The first-order valence-electron chi connectivity index (χ1n) is 6.49. The first kappa shape index (κ1) is 15.4. The number of pyridine rings is 1. The SMILES string of the molecule is CCc1ccc(CC(NN)c2ccc(Cl)c(Br)c2)nc1. The van der Waals surface area contributed by atoms with Crippen molar-refractivity contribution in [3.05, 3.63) is 62.8 Å². The summed E-state index contributed by atoms with van der Waals surface area (Å²) in [6.07, 6.45) is 3.64. The van der Waals surface area contributed by atoms with Gasteiger partial charge in [-0.3, -0.25) is 16.3 Å². The van der Waals surface area contributed by atoms with E-state index in [9.17, 15) is 0 Å². The van der Waals surface area contributed by atoms with Gasteiger partial charge in [-0.25, -0.2) is 0 Å². The lowest BCUT2D eigenvalue weighted by Crippen LogP contribution is -2.29. The van der Waals surface area contributed by atoms with Crippen molar-refractivity contribution in [1.82, 2.24) is 10.4 Å². The molecular formula is C15H17BrClN3. The second-order valence-corrected chi connectivity index (χ2v) is 5.87. The minimum Gasteiger partial charge on any atom is -0.271 e. The minimum absolute atomic E-state index is 0.00328. The Morgan fingerprint density at radius 2 is 2.15 bits per heavy atom. The lowest BCUT2D eigenvalue weighted by Gasteiger charge is -2.16. The van der Waals surface area contributed by atoms with Crippen molar-refractivity contribution in [3.8, 4) is 0 Å². The number of nitrogens with zero attached hydrogens (tertiary/aromatic N) is 1. The molecule has 2 rings (SSSR count). The summed E-state index contributed by atoms with van der Waals surface area (Å²) in [7, 11) is 0. The third-order valence-corrected chi connectivity index (χ3v) is 4.47. The summed E-state index contributed by atoms with van der Waals surface area (Å²) in [5.41, 5.74) is 6.16. The molecule has 0 aliphatic carbocycles. The van der Waals surface area contributed by atoms with Crippen LogP contribution in [0.2, 0.25) is 5.02 Å². The van der Waals surface area contributed by atoms with Gasteiger partial charge in [0.25, 0.3) is 0 Å². The largest absolute Gasteiger partial charge is 0.271 e. The lowest BCUT2D eigenvalue weighted by atomic mass is 10.0. The second kappa shape index (κ2) is 7.18. The molecule has 0 fully saturated rings. The van der Waals surface area contributed by atoms with Crippen LogP contribution < -0.4 is 11.3 Å². The molecule has 2 aromatic rings. The number of aryl methyl sites for hydroxylation is 1. The Hall–Kier alpha value is -0.940. The third-order valence-electron chi connectivity index (χ3n) is 3.25. The normalized spacial score (nSPS) is 12.4. The van der Waals surface area contributed by atoms with Gasteiger partial charge in [0, 0.05) is 22.8 Å². The zero-order valence-electron chi connectivity index (χ0n) is 11.2. The Labute approximate surface area is 132 Å². The van der Waals surface area contributed by atoms with Gasteiger partial charge in [-0.1, -0.05) is 30.7 Å². The van der Waals surface area contributed by atoms with Crippen molar-refractivity contribution in [1.29, 1.82) is 0 Å². The van der Waals surface area contributed by atoms with Crippen LogP contribution in [0.1, 0.15) is 29.8 Å². The first-order valence-corrected chi connectivity index (χ1v) is 7.66. The van der Waals surface area contributed by atoms with Crippen molar-refractivity contribution >= 4 is 27.5 Å². The fourth-order valence-corrected chi connectivity index (χ4v) is 2.51. The molecule has 3 N–H and O–H groups in total. The van der Waals surface area contributed by atoms with E-state index in [0.29, 0.717) is 5.02 Å². The quantitative estimate of drug-likeness (QED) is 0.634. The maximum absolute atomic E-state index is 6.01. The molecule has 1 heterocycles. The standard InChI is InChI=1S/C15H17BrClN3/c1-2-10-3-5-12(19-9-10)8-15(20-18)11-4-6-14(17)13(16)7-11/h3-7,9,15,20H,2,8,18H2,1H3. The number of hydrazine groups is 1. The topological polar surface area (TPSA) is 50.9 Å². The first-order chi connectivity index (χ1) is 9.63. The van der Waals surface area contributed by atoms with Gasteiger partial charge in [-0.15, -0.1) is 0 Å². The van der Waals surface area contributed by atoms with Crippen molar-refractivity contribution in [2.45, 2.75) is 25.8 Å². The molecule has 1 aromatic carbocycles. The van der Waals surface area contributed by atoms with Crippen LogP contribution in [0.25, 0.3) is 0 Å². The Balaban J connectivity index is 2.16. The maximum atomic E-state index is 6.01. The van der Waals surface area contributed by atoms with Gasteiger partial charge in [-0.2, -0.15) is 0 Å². The molecule has 20 heavy (non-hydrogen) atoms. The average Bonchev–Trinajstić information content (AvgIpc) is 2.48. The van der Waals surface area contributed by atoms with Crippen LogP contribution in [0.3, 0.4) is 0 Å². The molecule has 0 saturated carbocycles. The number of benzene rings is 1. The highest BCUT2D eigenvalue weighted by atomic mass is 79.9. The van der Waals surface area contributed by atoms with Crippen LogP contribution in [0.15, 0.2) is 41.0 Å². The Kier molecular flexibility index (Phi) is 5.54. The van der Waals surface area contributed by atoms with Crippen LogP contribution in [0.5, 0.6) is 0 Å². The van der Waals surface area contributed by atoms with Crippen LogP contribution in [-0.2, 0) is 12.8 Å². The molecule has 0 radical (unpaired) electrons. The molecule has 1 aromatic heterocycles. The number of rotatable bonds is 5. The zero-order valence-corrected chi connectivity index (χ0v) is 13.6. The monoisotopic (exact) mass is 353 g/mol. The number of nitrogens with two attached hydrogens (primary N) is 1. The summed E-state index contributed by atoms with van der Waals surface area (Å²) in [4.78, 5) is 4.47. The maximum Gasteiger partial charge on any atom is 0.0548 e. The summed E-state index contributed by atoms with van der Waals surface area (Å²) in [5.74, 6) is 5.67. The van der Waals surface area contributed by atoms with Gasteiger partial charge in [-0.05, 0) is 51.7 Å². The molecule has 106 valence electrons. The minimum atomic E-state index is 0.00328. The van der Waals surface area contributed by atoms with E-state index in [1.54, 1.807) is 0 Å². The zero-order chi connectivity index (χ0) is 14.5. The predicted molar refractivity (Wildman–Crippen MR) is 86.5 cm³/mol. The van der Waals surface area contributed by atoms with E-state index in [-0.39, 0.29) is 6.04 Å². The van der Waals surface area contributed by atoms with E-state index in [1.807, 2.05) is 30.5 Å². The summed E-state index contributed by atoms with van der Waals surface area (Å²) < 4.78 is 0.867. The molecule has 3 nitrogen and oxygen atoms in total. The number of hydrogen-bond donors (Lipinski definition) is 2.